The maximum atomic E-state index is 11.7. The van der Waals surface area contributed by atoms with E-state index in [1.807, 2.05) is 0 Å². The van der Waals surface area contributed by atoms with Gasteiger partial charge < -0.3 is 14.6 Å². The number of aromatic nitrogens is 1. The lowest BCUT2D eigenvalue weighted by molar-refractivity contribution is -0.384. The molecule has 7 heteroatoms. The zero-order chi connectivity index (χ0) is 14.5. The molecule has 0 radical (unpaired) electrons. The largest absolute Gasteiger partial charge is 0.383 e. The van der Waals surface area contributed by atoms with Crippen molar-refractivity contribution in [1.82, 2.24) is 9.88 Å². The number of non-ortho nitro benzene ring substituents is 1. The Balaban J connectivity index is 2.11. The lowest BCUT2D eigenvalue weighted by atomic mass is 10.2. The molecule has 0 unspecified atom stereocenters. The Morgan fingerprint density at radius 2 is 2.25 bits per heavy atom. The average Bonchev–Trinajstić information content (AvgIpc) is 2.81. The van der Waals surface area contributed by atoms with Crippen molar-refractivity contribution >= 4 is 22.5 Å². The van der Waals surface area contributed by atoms with Gasteiger partial charge in [-0.3, -0.25) is 14.9 Å². The molecule has 106 valence electrons. The molecule has 0 spiro atoms. The Kier molecular flexibility index (Phi) is 4.31. The molecule has 0 atom stereocenters. The Morgan fingerprint density at radius 3 is 2.95 bits per heavy atom. The van der Waals surface area contributed by atoms with Crippen molar-refractivity contribution in [2.75, 3.05) is 20.3 Å². The summed E-state index contributed by atoms with van der Waals surface area (Å²) in [5.74, 6) is -0.127. The average molecular weight is 277 g/mol. The number of carbonyl (C=O) groups excluding carboxylic acids is 1. The number of hydrogen-bond donors (Lipinski definition) is 1. The van der Waals surface area contributed by atoms with E-state index in [1.54, 1.807) is 30.0 Å². The molecule has 0 fully saturated rings. The quantitative estimate of drug-likeness (QED) is 0.490. The van der Waals surface area contributed by atoms with Gasteiger partial charge in [-0.25, -0.2) is 0 Å². The first-order chi connectivity index (χ1) is 9.61. The molecule has 0 saturated carbocycles. The summed E-state index contributed by atoms with van der Waals surface area (Å²) < 4.78 is 6.60. The molecule has 20 heavy (non-hydrogen) atoms. The summed E-state index contributed by atoms with van der Waals surface area (Å²) >= 11 is 0. The first-order valence-corrected chi connectivity index (χ1v) is 6.10. The predicted molar refractivity (Wildman–Crippen MR) is 73.5 cm³/mol. The molecule has 1 aromatic heterocycles. The van der Waals surface area contributed by atoms with Crippen LogP contribution in [0.4, 0.5) is 5.69 Å². The van der Waals surface area contributed by atoms with Crippen LogP contribution in [0.3, 0.4) is 0 Å². The Labute approximate surface area is 115 Å². The summed E-state index contributed by atoms with van der Waals surface area (Å²) in [6.45, 7) is 1.09. The maximum Gasteiger partial charge on any atom is 0.270 e. The van der Waals surface area contributed by atoms with Crippen LogP contribution in [-0.2, 0) is 16.1 Å². The third kappa shape index (κ3) is 3.12. The van der Waals surface area contributed by atoms with Gasteiger partial charge in [-0.15, -0.1) is 0 Å². The number of ether oxygens (including phenoxy) is 1. The number of fused-ring (bicyclic) bond motifs is 1. The fourth-order valence-electron chi connectivity index (χ4n) is 1.94. The molecule has 2 aromatic rings. The van der Waals surface area contributed by atoms with Crippen molar-refractivity contribution in [1.29, 1.82) is 0 Å². The fourth-order valence-corrected chi connectivity index (χ4v) is 1.94. The van der Waals surface area contributed by atoms with Crippen LogP contribution in [0.1, 0.15) is 0 Å². The second-order valence-electron chi connectivity index (χ2n) is 4.29. The van der Waals surface area contributed by atoms with Gasteiger partial charge in [0, 0.05) is 42.9 Å². The molecule has 0 saturated heterocycles. The van der Waals surface area contributed by atoms with Crippen molar-refractivity contribution in [3.8, 4) is 0 Å². The summed E-state index contributed by atoms with van der Waals surface area (Å²) in [4.78, 5) is 22.0. The molecule has 1 N–H and O–H groups in total. The molecule has 0 aliphatic rings. The van der Waals surface area contributed by atoms with Crippen molar-refractivity contribution in [2.24, 2.45) is 0 Å². The topological polar surface area (TPSA) is 86.4 Å². The van der Waals surface area contributed by atoms with Gasteiger partial charge in [-0.1, -0.05) is 0 Å². The van der Waals surface area contributed by atoms with E-state index in [2.05, 4.69) is 5.32 Å². The van der Waals surface area contributed by atoms with E-state index in [4.69, 9.17) is 4.74 Å². The molecule has 2 rings (SSSR count). The summed E-state index contributed by atoms with van der Waals surface area (Å²) in [6, 6.07) is 6.33. The number of nitrogens with one attached hydrogen (secondary N) is 1. The molecule has 7 nitrogen and oxygen atoms in total. The number of amides is 1. The van der Waals surface area contributed by atoms with Crippen LogP contribution in [0.2, 0.25) is 0 Å². The van der Waals surface area contributed by atoms with Gasteiger partial charge in [0.05, 0.1) is 11.5 Å². The Hall–Kier alpha value is -2.41. The molecule has 0 aliphatic carbocycles. The van der Waals surface area contributed by atoms with Gasteiger partial charge in [-0.05, 0) is 12.1 Å². The highest BCUT2D eigenvalue weighted by atomic mass is 16.6. The highest BCUT2D eigenvalue weighted by Crippen LogP contribution is 2.21. The van der Waals surface area contributed by atoms with E-state index < -0.39 is 4.92 Å². The van der Waals surface area contributed by atoms with Crippen LogP contribution < -0.4 is 5.32 Å². The van der Waals surface area contributed by atoms with E-state index in [9.17, 15) is 14.9 Å². The molecular weight excluding hydrogens is 262 g/mol. The number of hydrogen-bond acceptors (Lipinski definition) is 4. The molecule has 0 bridgehead atoms. The fraction of sp³-hybridized carbons (Fsp3) is 0.308. The highest BCUT2D eigenvalue weighted by Gasteiger charge is 2.10. The predicted octanol–water partition coefficient (Wildman–Crippen LogP) is 1.31. The van der Waals surface area contributed by atoms with Gasteiger partial charge >= 0.3 is 0 Å². The van der Waals surface area contributed by atoms with Crippen molar-refractivity contribution < 1.29 is 14.5 Å². The third-order valence-corrected chi connectivity index (χ3v) is 2.91. The first-order valence-electron chi connectivity index (χ1n) is 6.10. The van der Waals surface area contributed by atoms with Crippen LogP contribution in [-0.4, -0.2) is 35.7 Å². The second kappa shape index (κ2) is 6.16. The lowest BCUT2D eigenvalue weighted by Crippen LogP contribution is -2.30. The van der Waals surface area contributed by atoms with Crippen LogP contribution in [0.5, 0.6) is 0 Å². The van der Waals surface area contributed by atoms with Crippen molar-refractivity contribution in [2.45, 2.75) is 6.54 Å². The summed E-state index contributed by atoms with van der Waals surface area (Å²) in [7, 11) is 1.57. The summed E-state index contributed by atoms with van der Waals surface area (Å²) in [6.07, 6.45) is 1.74. The van der Waals surface area contributed by atoms with E-state index in [0.717, 1.165) is 10.9 Å². The molecule has 1 amide bonds. The number of carbonyl (C=O) groups is 1. The Bertz CT molecular complexity index is 636. The highest BCUT2D eigenvalue weighted by molar-refractivity contribution is 5.85. The smallest absolute Gasteiger partial charge is 0.270 e. The first kappa shape index (κ1) is 14.0. The number of rotatable bonds is 6. The molecular formula is C13H15N3O4. The molecule has 1 heterocycles. The van der Waals surface area contributed by atoms with Crippen LogP contribution in [0.15, 0.2) is 30.5 Å². The molecule has 1 aromatic carbocycles. The minimum atomic E-state index is -0.436. The third-order valence-electron chi connectivity index (χ3n) is 2.91. The van der Waals surface area contributed by atoms with Crippen LogP contribution >= 0.6 is 0 Å². The zero-order valence-corrected chi connectivity index (χ0v) is 11.0. The van der Waals surface area contributed by atoms with Gasteiger partial charge in [0.15, 0.2) is 0 Å². The maximum absolute atomic E-state index is 11.7. The van der Waals surface area contributed by atoms with E-state index in [-0.39, 0.29) is 18.1 Å². The molecule has 0 aliphatic heterocycles. The van der Waals surface area contributed by atoms with Crippen molar-refractivity contribution in [3.05, 3.63) is 40.6 Å². The van der Waals surface area contributed by atoms with E-state index >= 15 is 0 Å². The SMILES string of the molecule is COCCNC(=O)Cn1ccc2cc([N+](=O)[O-])ccc21. The lowest BCUT2D eigenvalue weighted by Gasteiger charge is -2.06. The van der Waals surface area contributed by atoms with Crippen LogP contribution in [0, 0.1) is 10.1 Å². The normalized spacial score (nSPS) is 10.7. The standard InChI is InChI=1S/C13H15N3O4/c1-20-7-5-14-13(17)9-15-6-4-10-8-11(16(18)19)2-3-12(10)15/h2-4,6,8H,5,7,9H2,1H3,(H,14,17). The van der Waals surface area contributed by atoms with Crippen LogP contribution in [0.25, 0.3) is 10.9 Å². The van der Waals surface area contributed by atoms with Gasteiger partial charge in [0.1, 0.15) is 6.54 Å². The Morgan fingerprint density at radius 1 is 1.45 bits per heavy atom. The summed E-state index contributed by atoms with van der Waals surface area (Å²) in [5, 5.41) is 14.2. The van der Waals surface area contributed by atoms with E-state index in [0.29, 0.717) is 13.2 Å². The van der Waals surface area contributed by atoms with Gasteiger partial charge in [0.25, 0.3) is 5.69 Å². The minimum absolute atomic E-state index is 0.0415. The van der Waals surface area contributed by atoms with Gasteiger partial charge in [0.2, 0.25) is 5.91 Å². The number of benzene rings is 1. The number of nitrogens with zero attached hydrogens (tertiary/aromatic N) is 2. The number of nitro groups is 1. The van der Waals surface area contributed by atoms with E-state index in [1.165, 1.54) is 12.1 Å². The zero-order valence-electron chi connectivity index (χ0n) is 11.0. The summed E-state index contributed by atoms with van der Waals surface area (Å²) in [5.41, 5.74) is 0.831. The van der Waals surface area contributed by atoms with Gasteiger partial charge in [-0.2, -0.15) is 0 Å². The monoisotopic (exact) mass is 277 g/mol. The minimum Gasteiger partial charge on any atom is -0.383 e. The van der Waals surface area contributed by atoms with Crippen molar-refractivity contribution in [3.63, 3.8) is 0 Å². The number of nitro benzene ring substituents is 1. The number of methoxy groups -OCH3 is 1. The second-order valence-corrected chi connectivity index (χ2v) is 4.29.